The van der Waals surface area contributed by atoms with Crippen molar-refractivity contribution in [2.75, 3.05) is 5.32 Å². The van der Waals surface area contributed by atoms with Gasteiger partial charge in [0.05, 0.1) is 34.0 Å². The van der Waals surface area contributed by atoms with Crippen molar-refractivity contribution in [2.24, 2.45) is 39.9 Å². The van der Waals surface area contributed by atoms with Crippen molar-refractivity contribution in [3.8, 4) is 74.7 Å². The molecule has 4 atom stereocenters. The predicted molar refractivity (Wildman–Crippen MR) is 541 cm³/mol. The molecule has 0 aliphatic heterocycles. The van der Waals surface area contributed by atoms with E-state index in [9.17, 15) is 64.2 Å². The highest BCUT2D eigenvalue weighted by Crippen LogP contribution is 2.39. The third-order valence-electron chi connectivity index (χ3n) is 21.8. The zero-order valence-electron chi connectivity index (χ0n) is 74.3. The minimum absolute atomic E-state index is 0. The van der Waals surface area contributed by atoms with Crippen LogP contribution in [0.4, 0.5) is 5.69 Å². The van der Waals surface area contributed by atoms with Gasteiger partial charge in [-0.25, -0.2) is 0 Å². The average molecular weight is 1810 g/mol. The number of phenols is 7. The minimum Gasteiger partial charge on any atom is -0.508 e. The Morgan fingerprint density at radius 2 is 0.538 bits per heavy atom. The Balaban J connectivity index is 0.00000151. The fourth-order valence-corrected chi connectivity index (χ4v) is 11.2. The molecule has 13 aromatic carbocycles. The second-order valence-electron chi connectivity index (χ2n) is 32.3. The Bertz CT molecular complexity index is 5750. The zero-order valence-corrected chi connectivity index (χ0v) is 74.3. The number of fused-ring (bicyclic) bond motifs is 6. The number of phenolic OH excluding ortho intramolecular Hbond substituents is 7. The number of rotatable bonds is 21. The molecule has 13 rings (SSSR count). The van der Waals surface area contributed by atoms with Gasteiger partial charge in [-0.1, -0.05) is 249 Å². The first-order valence-electron chi connectivity index (χ1n) is 42.0. The molecule has 0 aliphatic rings. The molecule has 0 heterocycles. The van der Waals surface area contributed by atoms with Crippen molar-refractivity contribution in [1.82, 2.24) is 0 Å². The fourth-order valence-electron chi connectivity index (χ4n) is 11.2. The van der Waals surface area contributed by atoms with E-state index in [1.54, 1.807) is 182 Å². The van der Waals surface area contributed by atoms with Gasteiger partial charge in [-0.2, -0.15) is 0 Å². The minimum atomic E-state index is -0.515. The summed E-state index contributed by atoms with van der Waals surface area (Å²) in [5.41, 5.74) is -0.796. The summed E-state index contributed by atoms with van der Waals surface area (Å²) in [4.78, 5) is 82.9. The molecule has 714 valence electrons. The molecule has 8 N–H and O–H groups in total. The first-order valence-corrected chi connectivity index (χ1v) is 42.0. The van der Waals surface area contributed by atoms with E-state index in [-0.39, 0.29) is 158 Å². The number of carbonyl (C=O) groups excluding carboxylic acids is 7. The number of hydrogen-bond acceptors (Lipinski definition) is 20. The quantitative estimate of drug-likeness (QED) is 0.0188. The van der Waals surface area contributed by atoms with Crippen LogP contribution in [-0.4, -0.2) is 77.5 Å². The van der Waals surface area contributed by atoms with Gasteiger partial charge in [-0.15, -0.1) is 0 Å². The summed E-state index contributed by atoms with van der Waals surface area (Å²) in [6.45, 7) is 32.3. The van der Waals surface area contributed by atoms with E-state index < -0.39 is 16.2 Å². The third-order valence-corrected chi connectivity index (χ3v) is 21.8. The van der Waals surface area contributed by atoms with E-state index in [1.165, 1.54) is 0 Å². The predicted octanol–water partition coefficient (Wildman–Crippen LogP) is 29.0. The summed E-state index contributed by atoms with van der Waals surface area (Å²) < 4.78 is 32.5. The Morgan fingerprint density at radius 3 is 0.894 bits per heavy atom. The number of ether oxygens (including phenoxy) is 6. The second-order valence-corrected chi connectivity index (χ2v) is 32.3. The van der Waals surface area contributed by atoms with Gasteiger partial charge in [-0.05, 0) is 229 Å². The van der Waals surface area contributed by atoms with E-state index >= 15 is 0 Å². The van der Waals surface area contributed by atoms with Crippen molar-refractivity contribution >= 4 is 112 Å². The first-order chi connectivity index (χ1) is 59.3. The lowest BCUT2D eigenvalue weighted by Gasteiger charge is -2.20. The molecule has 0 saturated carbocycles. The monoisotopic (exact) mass is 1810 g/mol. The number of esters is 6. The fraction of sp³-hybridized carbons (Fsp3) is 0.342. The molecular weight excluding hydrogens is 1670 g/mol. The van der Waals surface area contributed by atoms with Gasteiger partial charge in [0, 0.05) is 54.7 Å². The van der Waals surface area contributed by atoms with Crippen LogP contribution in [-0.2, 0) is 33.6 Å². The summed E-state index contributed by atoms with van der Waals surface area (Å²) >= 11 is 0. The molecule has 0 saturated heterocycles. The van der Waals surface area contributed by atoms with Gasteiger partial charge in [0.1, 0.15) is 74.7 Å². The SMILES string of the molecule is C.C.C.C.C.C.C.CCC(C)(C)C(=O)Oc1ccc(O)c2ccccc12.CCC(C)(C)C(=O)Oc1ccc2cc(O)ccc2c1.CCC(C)(C)C(=O)Oc1cccc2c(O)cccc12.CCC(C)C(=O)Nc1ccc(O)cc1.CCC(C)C(=O)Oc1ccc(O)c2ccccc12.CCC(C)C(=O)Oc1ccc2cc(O)ccc2c1.CCC(C)C(=O)Oc1cccc2c(O)cccc12. The zero-order chi connectivity index (χ0) is 92.0. The number of amides is 1. The summed E-state index contributed by atoms with van der Waals surface area (Å²) in [6, 6.07) is 69.3. The molecule has 0 aromatic heterocycles. The van der Waals surface area contributed by atoms with Crippen LogP contribution in [0.2, 0.25) is 0 Å². The van der Waals surface area contributed by atoms with Crippen LogP contribution in [0.25, 0.3) is 64.6 Å². The van der Waals surface area contributed by atoms with Crippen LogP contribution < -0.4 is 33.7 Å². The lowest BCUT2D eigenvalue weighted by molar-refractivity contribution is -0.144. The molecular formula is C111H145NO20. The highest BCUT2D eigenvalue weighted by atomic mass is 16.6. The summed E-state index contributed by atoms with van der Waals surface area (Å²) in [6.07, 6.45) is 5.23. The molecule has 0 spiro atoms. The van der Waals surface area contributed by atoms with Gasteiger partial charge >= 0.3 is 35.8 Å². The normalized spacial score (nSPS) is 11.3. The molecule has 21 nitrogen and oxygen atoms in total. The number of carbonyl (C=O) groups is 7. The first kappa shape index (κ1) is 118. The number of anilines is 1. The van der Waals surface area contributed by atoms with Gasteiger partial charge in [0.15, 0.2) is 0 Å². The lowest BCUT2D eigenvalue weighted by atomic mass is 9.90. The Hall–Kier alpha value is -13.7. The molecule has 0 aliphatic carbocycles. The van der Waals surface area contributed by atoms with Gasteiger partial charge < -0.3 is 69.5 Å². The highest BCUT2D eigenvalue weighted by molar-refractivity contribution is 5.99. The van der Waals surface area contributed by atoms with Crippen molar-refractivity contribution < 1.29 is 97.7 Å². The Kier molecular flexibility index (Phi) is 49.6. The smallest absolute Gasteiger partial charge is 0.316 e. The maximum atomic E-state index is 12.1. The molecule has 21 heteroatoms. The van der Waals surface area contributed by atoms with Crippen LogP contribution in [0, 0.1) is 39.9 Å². The van der Waals surface area contributed by atoms with Crippen LogP contribution >= 0.6 is 0 Å². The van der Waals surface area contributed by atoms with E-state index in [4.69, 9.17) is 33.5 Å². The molecule has 0 radical (unpaired) electrons. The van der Waals surface area contributed by atoms with E-state index in [1.807, 2.05) is 178 Å². The maximum absolute atomic E-state index is 12.1. The topological polar surface area (TPSA) is 329 Å². The van der Waals surface area contributed by atoms with Crippen LogP contribution in [0.3, 0.4) is 0 Å². The molecule has 1 amide bonds. The lowest BCUT2D eigenvalue weighted by Crippen LogP contribution is -2.28. The highest BCUT2D eigenvalue weighted by Gasteiger charge is 2.31. The van der Waals surface area contributed by atoms with Gasteiger partial charge in [0.25, 0.3) is 0 Å². The van der Waals surface area contributed by atoms with Crippen LogP contribution in [0.15, 0.2) is 243 Å². The van der Waals surface area contributed by atoms with Gasteiger partial charge in [0.2, 0.25) is 5.91 Å². The molecule has 13 aromatic rings. The van der Waals surface area contributed by atoms with Crippen molar-refractivity contribution in [2.45, 2.75) is 215 Å². The van der Waals surface area contributed by atoms with Crippen LogP contribution in [0.1, 0.15) is 215 Å². The van der Waals surface area contributed by atoms with Crippen molar-refractivity contribution in [3.05, 3.63) is 243 Å². The van der Waals surface area contributed by atoms with Crippen LogP contribution in [0.5, 0.6) is 74.7 Å². The maximum Gasteiger partial charge on any atom is 0.316 e. The van der Waals surface area contributed by atoms with Crippen molar-refractivity contribution in [3.63, 3.8) is 0 Å². The largest absolute Gasteiger partial charge is 0.508 e. The molecule has 132 heavy (non-hydrogen) atoms. The molecule has 0 bridgehead atoms. The summed E-state index contributed by atoms with van der Waals surface area (Å²) in [7, 11) is 0. The summed E-state index contributed by atoms with van der Waals surface area (Å²) in [5.74, 6) is 2.67. The third kappa shape index (κ3) is 33.4. The number of nitrogens with one attached hydrogen (secondary N) is 1. The standard InChI is InChI=1S/3C16H18O3.3C15H16O3.C11H15NO2.7CH4/c1-4-16(2,3)15(18)19-14-10-6-7-11-12(14)8-5-9-13(11)17;1-4-16(2,3)15(18)19-14-8-6-11-9-13(17)7-5-12(11)10-14;1-4-16(2,3)15(18)19-14-10-9-13(17)11-7-5-6-8-12(11)14;1-3-10(2)15(17)18-14-9-5-6-11-12(14)7-4-8-13(11)16;1-3-10(2)15(17)18-14-7-5-11-8-13(16)6-4-12(11)9-14;1-3-10(2)15(17)18-14-9-8-13(16)11-6-4-5-7-12(11)14;1-3-8(2)11(14)12-9-4-6-10(13)7-5-9;;;;;;;/h3*5-10,17H,4H2,1-3H3;3*4-10,16H,3H2,1-2H3;4-8,13H,3H2,1-2H3,(H,12,14);7*1H4. The number of hydrogen-bond donors (Lipinski definition) is 8. The van der Waals surface area contributed by atoms with Crippen molar-refractivity contribution in [1.29, 1.82) is 0 Å². The summed E-state index contributed by atoms with van der Waals surface area (Å²) in [5, 5.41) is 79.0. The Labute approximate surface area is 782 Å². The number of aromatic hydroxyl groups is 7. The van der Waals surface area contributed by atoms with E-state index in [2.05, 4.69) is 5.32 Å². The molecule has 4 unspecified atom stereocenters. The molecule has 0 fully saturated rings. The second kappa shape index (κ2) is 55.4. The average Bonchev–Trinajstić information content (AvgIpc) is 0.812. The van der Waals surface area contributed by atoms with Gasteiger partial charge in [-0.3, -0.25) is 33.6 Å². The van der Waals surface area contributed by atoms with E-state index in [0.29, 0.717) is 74.6 Å². The Morgan fingerprint density at radius 1 is 0.273 bits per heavy atom. The van der Waals surface area contributed by atoms with E-state index in [0.717, 1.165) is 75.2 Å². The number of benzene rings is 13.